The molecule has 0 aliphatic heterocycles. The van der Waals surface area contributed by atoms with Crippen molar-refractivity contribution >= 4 is 49.9 Å². The lowest BCUT2D eigenvalue weighted by Crippen LogP contribution is -1.83. The van der Waals surface area contributed by atoms with Gasteiger partial charge in [0.2, 0.25) is 0 Å². The van der Waals surface area contributed by atoms with E-state index in [0.717, 1.165) is 15.3 Å². The lowest BCUT2D eigenvalue weighted by Gasteiger charge is -1.92. The van der Waals surface area contributed by atoms with Gasteiger partial charge >= 0.3 is 0 Å². The number of nitrogens with one attached hydrogen (secondary N) is 1. The second-order valence-electron chi connectivity index (χ2n) is 2.50. The van der Waals surface area contributed by atoms with E-state index >= 15 is 0 Å². The molecule has 0 saturated heterocycles. The average molecular weight is 233 g/mol. The molecule has 2 nitrogen and oxygen atoms in total. The van der Waals surface area contributed by atoms with Crippen LogP contribution in [0.25, 0.3) is 10.2 Å². The molecule has 1 aromatic carbocycles. The van der Waals surface area contributed by atoms with Crippen LogP contribution in [0.15, 0.2) is 12.1 Å². The maximum Gasteiger partial charge on any atom is 0.183 e. The van der Waals surface area contributed by atoms with Crippen molar-refractivity contribution in [3.63, 3.8) is 0 Å². The summed E-state index contributed by atoms with van der Waals surface area (Å²) >= 11 is 13.3. The number of hydrogen-bond acceptors (Lipinski definition) is 3. The van der Waals surface area contributed by atoms with E-state index in [9.17, 15) is 0 Å². The molecule has 2 aromatic rings. The first kappa shape index (κ1) is 9.06. The summed E-state index contributed by atoms with van der Waals surface area (Å²) in [5.41, 5.74) is 0.878. The van der Waals surface area contributed by atoms with Gasteiger partial charge in [0.25, 0.3) is 0 Å². The van der Waals surface area contributed by atoms with Gasteiger partial charge in [-0.25, -0.2) is 4.98 Å². The molecule has 0 aliphatic rings. The van der Waals surface area contributed by atoms with Crippen LogP contribution >= 0.6 is 34.5 Å². The fourth-order valence-corrected chi connectivity index (χ4v) is 2.26. The highest BCUT2D eigenvalue weighted by molar-refractivity contribution is 7.22. The summed E-state index contributed by atoms with van der Waals surface area (Å²) in [6, 6.07) is 3.61. The zero-order valence-corrected chi connectivity index (χ0v) is 9.09. The zero-order valence-electron chi connectivity index (χ0n) is 6.77. The van der Waals surface area contributed by atoms with Crippen molar-refractivity contribution in [2.75, 3.05) is 12.4 Å². The third-order valence-corrected chi connectivity index (χ3v) is 3.40. The Balaban J connectivity index is 2.70. The van der Waals surface area contributed by atoms with Crippen LogP contribution in [0.5, 0.6) is 0 Å². The molecule has 0 saturated carbocycles. The minimum absolute atomic E-state index is 0.544. The fraction of sp³-hybridized carbons (Fsp3) is 0.125. The van der Waals surface area contributed by atoms with Crippen LogP contribution in [0.3, 0.4) is 0 Å². The Kier molecular flexibility index (Phi) is 2.32. The molecule has 1 aromatic heterocycles. The van der Waals surface area contributed by atoms with Gasteiger partial charge in [-0.2, -0.15) is 0 Å². The Morgan fingerprint density at radius 3 is 2.69 bits per heavy atom. The van der Waals surface area contributed by atoms with Crippen LogP contribution in [0.4, 0.5) is 5.13 Å². The Labute approximate surface area is 89.5 Å². The SMILES string of the molecule is CNc1nc2cc(Cl)c(Cl)cc2s1. The van der Waals surface area contributed by atoms with Gasteiger partial charge in [-0.05, 0) is 12.1 Å². The summed E-state index contributed by atoms with van der Waals surface area (Å²) in [5.74, 6) is 0. The molecule has 0 radical (unpaired) electrons. The quantitative estimate of drug-likeness (QED) is 0.813. The number of fused-ring (bicyclic) bond motifs is 1. The van der Waals surface area contributed by atoms with Gasteiger partial charge in [0.15, 0.2) is 5.13 Å². The maximum absolute atomic E-state index is 5.87. The third kappa shape index (κ3) is 1.59. The van der Waals surface area contributed by atoms with Crippen molar-refractivity contribution < 1.29 is 0 Å². The Morgan fingerprint density at radius 1 is 1.31 bits per heavy atom. The minimum Gasteiger partial charge on any atom is -0.365 e. The standard InChI is InChI=1S/C8H6Cl2N2S/c1-11-8-12-6-2-4(9)5(10)3-7(6)13-8/h2-3H,1H3,(H,11,12). The summed E-state index contributed by atoms with van der Waals surface area (Å²) in [7, 11) is 1.83. The highest BCUT2D eigenvalue weighted by Gasteiger charge is 2.05. The smallest absolute Gasteiger partial charge is 0.183 e. The van der Waals surface area contributed by atoms with E-state index in [-0.39, 0.29) is 0 Å². The predicted molar refractivity (Wildman–Crippen MR) is 59.2 cm³/mol. The molecule has 0 atom stereocenters. The van der Waals surface area contributed by atoms with Crippen molar-refractivity contribution in [2.45, 2.75) is 0 Å². The van der Waals surface area contributed by atoms with Gasteiger partial charge in [0.05, 0.1) is 20.3 Å². The number of anilines is 1. The summed E-state index contributed by atoms with van der Waals surface area (Å²) in [4.78, 5) is 4.30. The predicted octanol–water partition coefficient (Wildman–Crippen LogP) is 3.64. The second kappa shape index (κ2) is 3.33. The Morgan fingerprint density at radius 2 is 2.00 bits per heavy atom. The molecule has 1 N–H and O–H groups in total. The summed E-state index contributed by atoms with van der Waals surface area (Å²) in [6.45, 7) is 0. The zero-order chi connectivity index (χ0) is 9.42. The molecular formula is C8H6Cl2N2S. The highest BCUT2D eigenvalue weighted by Crippen LogP contribution is 2.32. The van der Waals surface area contributed by atoms with E-state index in [2.05, 4.69) is 10.3 Å². The van der Waals surface area contributed by atoms with Gasteiger partial charge < -0.3 is 5.32 Å². The van der Waals surface area contributed by atoms with Crippen molar-refractivity contribution in [3.05, 3.63) is 22.2 Å². The maximum atomic E-state index is 5.87. The van der Waals surface area contributed by atoms with E-state index in [4.69, 9.17) is 23.2 Å². The normalized spacial score (nSPS) is 10.7. The van der Waals surface area contributed by atoms with Crippen molar-refractivity contribution in [1.82, 2.24) is 4.98 Å². The molecule has 1 heterocycles. The van der Waals surface area contributed by atoms with E-state index < -0.39 is 0 Å². The number of benzene rings is 1. The number of rotatable bonds is 1. The van der Waals surface area contributed by atoms with Gasteiger partial charge in [0.1, 0.15) is 0 Å². The Bertz CT molecular complexity index is 414. The van der Waals surface area contributed by atoms with Crippen molar-refractivity contribution in [3.8, 4) is 0 Å². The van der Waals surface area contributed by atoms with E-state index in [1.807, 2.05) is 13.1 Å². The lowest BCUT2D eigenvalue weighted by molar-refractivity contribution is 1.41. The topological polar surface area (TPSA) is 24.9 Å². The number of aromatic nitrogens is 1. The first-order valence-corrected chi connectivity index (χ1v) is 5.21. The number of thiazole rings is 1. The largest absolute Gasteiger partial charge is 0.365 e. The van der Waals surface area contributed by atoms with E-state index in [1.165, 1.54) is 0 Å². The summed E-state index contributed by atoms with van der Waals surface area (Å²) < 4.78 is 1.04. The highest BCUT2D eigenvalue weighted by atomic mass is 35.5. The lowest BCUT2D eigenvalue weighted by atomic mass is 10.3. The molecule has 68 valence electrons. The number of nitrogens with zero attached hydrogens (tertiary/aromatic N) is 1. The number of hydrogen-bond donors (Lipinski definition) is 1. The van der Waals surface area contributed by atoms with Crippen molar-refractivity contribution in [1.29, 1.82) is 0 Å². The minimum atomic E-state index is 0.544. The van der Waals surface area contributed by atoms with Gasteiger partial charge in [-0.3, -0.25) is 0 Å². The molecule has 5 heteroatoms. The van der Waals surface area contributed by atoms with Crippen LogP contribution in [0.1, 0.15) is 0 Å². The Hall–Kier alpha value is -0.510. The molecule has 13 heavy (non-hydrogen) atoms. The molecule has 0 unspecified atom stereocenters. The molecule has 0 bridgehead atoms. The third-order valence-electron chi connectivity index (χ3n) is 1.64. The van der Waals surface area contributed by atoms with Gasteiger partial charge in [0, 0.05) is 7.05 Å². The first-order chi connectivity index (χ1) is 6.20. The fourth-order valence-electron chi connectivity index (χ4n) is 1.03. The second-order valence-corrected chi connectivity index (χ2v) is 4.35. The van der Waals surface area contributed by atoms with E-state index in [1.54, 1.807) is 17.4 Å². The summed E-state index contributed by atoms with van der Waals surface area (Å²) in [6.07, 6.45) is 0. The summed E-state index contributed by atoms with van der Waals surface area (Å²) in [5, 5.41) is 4.96. The monoisotopic (exact) mass is 232 g/mol. The van der Waals surface area contributed by atoms with Crippen molar-refractivity contribution in [2.24, 2.45) is 0 Å². The van der Waals surface area contributed by atoms with Crippen LogP contribution in [-0.2, 0) is 0 Å². The molecule has 0 spiro atoms. The van der Waals surface area contributed by atoms with Crippen LogP contribution < -0.4 is 5.32 Å². The van der Waals surface area contributed by atoms with Crippen LogP contribution in [0.2, 0.25) is 10.0 Å². The van der Waals surface area contributed by atoms with Gasteiger partial charge in [-0.15, -0.1) is 0 Å². The molecule has 0 aliphatic carbocycles. The number of halogens is 2. The van der Waals surface area contributed by atoms with Crippen LogP contribution in [-0.4, -0.2) is 12.0 Å². The molecule has 0 fully saturated rings. The molecular weight excluding hydrogens is 227 g/mol. The van der Waals surface area contributed by atoms with Crippen LogP contribution in [0, 0.1) is 0 Å². The molecule has 2 rings (SSSR count). The molecule has 0 amide bonds. The first-order valence-electron chi connectivity index (χ1n) is 3.64. The average Bonchev–Trinajstić information content (AvgIpc) is 2.48. The van der Waals surface area contributed by atoms with Gasteiger partial charge in [-0.1, -0.05) is 34.5 Å². The van der Waals surface area contributed by atoms with E-state index in [0.29, 0.717) is 10.0 Å².